The lowest BCUT2D eigenvalue weighted by atomic mass is 9.92. The minimum atomic E-state index is 0.221. The van der Waals surface area contributed by atoms with Gasteiger partial charge < -0.3 is 15.5 Å². The number of hydrogen-bond acceptors (Lipinski definition) is 3. The molecule has 1 saturated carbocycles. The number of hydrogen-bond donors (Lipinski definition) is 2. The number of piperidine rings is 2. The molecule has 3 aliphatic rings. The minimum absolute atomic E-state index is 0.221. The third-order valence-corrected chi connectivity index (χ3v) is 6.37. The van der Waals surface area contributed by atoms with E-state index in [0.717, 1.165) is 57.0 Å². The van der Waals surface area contributed by atoms with E-state index in [9.17, 15) is 4.79 Å². The van der Waals surface area contributed by atoms with Crippen molar-refractivity contribution in [2.24, 2.45) is 17.3 Å². The first-order valence-corrected chi connectivity index (χ1v) is 9.53. The lowest BCUT2D eigenvalue weighted by Crippen LogP contribution is -2.33. The van der Waals surface area contributed by atoms with Gasteiger partial charge >= 0.3 is 0 Å². The minimum Gasteiger partial charge on any atom is -0.371 e. The fraction of sp³-hybridized carbons (Fsp3) is 0.650. The highest BCUT2D eigenvalue weighted by molar-refractivity contribution is 5.95. The monoisotopic (exact) mass is 327 g/mol. The third kappa shape index (κ3) is 3.16. The number of anilines is 2. The van der Waals surface area contributed by atoms with Crippen LogP contribution in [0.15, 0.2) is 24.3 Å². The standard InChI is InChI=1S/C20H29N3O/c1-15-5-11-23(12-6-15)17-4-2-3-16(13-17)22-19(24)18-14-20(18)7-9-21-10-8-20/h2-4,13,15,18,21H,5-12,14H2,1H3,(H,22,24). The van der Waals surface area contributed by atoms with Crippen molar-refractivity contribution in [1.82, 2.24) is 5.32 Å². The zero-order chi connectivity index (χ0) is 16.6. The van der Waals surface area contributed by atoms with E-state index in [1.165, 1.54) is 18.5 Å². The lowest BCUT2D eigenvalue weighted by molar-refractivity contribution is -0.118. The molecule has 1 aromatic rings. The van der Waals surface area contributed by atoms with E-state index in [2.05, 4.69) is 40.7 Å². The molecule has 2 saturated heterocycles. The molecule has 1 aliphatic carbocycles. The van der Waals surface area contributed by atoms with Crippen LogP contribution in [0.1, 0.15) is 39.0 Å². The fourth-order valence-corrected chi connectivity index (χ4v) is 4.47. The van der Waals surface area contributed by atoms with Crippen LogP contribution < -0.4 is 15.5 Å². The third-order valence-electron chi connectivity index (χ3n) is 6.37. The highest BCUT2D eigenvalue weighted by Crippen LogP contribution is 2.58. The molecule has 1 amide bonds. The Balaban J connectivity index is 1.38. The number of amides is 1. The highest BCUT2D eigenvalue weighted by Gasteiger charge is 2.57. The molecule has 2 N–H and O–H groups in total. The summed E-state index contributed by atoms with van der Waals surface area (Å²) in [6.07, 6.45) is 5.89. The number of nitrogens with zero attached hydrogens (tertiary/aromatic N) is 1. The normalized spacial score (nSPS) is 26.4. The maximum atomic E-state index is 12.6. The van der Waals surface area contributed by atoms with Crippen molar-refractivity contribution in [2.45, 2.75) is 39.0 Å². The average molecular weight is 327 g/mol. The largest absolute Gasteiger partial charge is 0.371 e. The van der Waals surface area contributed by atoms with Crippen molar-refractivity contribution in [3.05, 3.63) is 24.3 Å². The van der Waals surface area contributed by atoms with Crippen molar-refractivity contribution in [3.63, 3.8) is 0 Å². The van der Waals surface area contributed by atoms with E-state index in [0.29, 0.717) is 5.41 Å². The van der Waals surface area contributed by atoms with Crippen LogP contribution in [0.3, 0.4) is 0 Å². The van der Waals surface area contributed by atoms with Crippen LogP contribution in [-0.4, -0.2) is 32.1 Å². The molecule has 2 aliphatic heterocycles. The number of carbonyl (C=O) groups excluding carboxylic acids is 1. The second-order valence-corrected chi connectivity index (χ2v) is 8.08. The molecule has 24 heavy (non-hydrogen) atoms. The molecule has 0 aromatic heterocycles. The number of benzene rings is 1. The molecule has 4 nitrogen and oxygen atoms in total. The molecule has 0 bridgehead atoms. The quantitative estimate of drug-likeness (QED) is 0.896. The molecule has 1 aromatic carbocycles. The molecule has 1 atom stereocenters. The lowest BCUT2D eigenvalue weighted by Gasteiger charge is -2.32. The molecular formula is C20H29N3O. The van der Waals surface area contributed by atoms with Crippen LogP contribution in [0.25, 0.3) is 0 Å². The summed E-state index contributed by atoms with van der Waals surface area (Å²) in [6, 6.07) is 8.39. The van der Waals surface area contributed by atoms with E-state index >= 15 is 0 Å². The van der Waals surface area contributed by atoms with E-state index in [1.807, 2.05) is 6.07 Å². The predicted octanol–water partition coefficient (Wildman–Crippen LogP) is 3.25. The molecule has 2 heterocycles. The maximum Gasteiger partial charge on any atom is 0.228 e. The van der Waals surface area contributed by atoms with Gasteiger partial charge in [0.25, 0.3) is 0 Å². The van der Waals surface area contributed by atoms with Crippen LogP contribution in [0, 0.1) is 17.3 Å². The summed E-state index contributed by atoms with van der Waals surface area (Å²) in [7, 11) is 0. The summed E-state index contributed by atoms with van der Waals surface area (Å²) in [5.74, 6) is 1.28. The summed E-state index contributed by atoms with van der Waals surface area (Å²) < 4.78 is 0. The molecule has 130 valence electrons. The Hall–Kier alpha value is -1.55. The molecular weight excluding hydrogens is 298 g/mol. The van der Waals surface area contributed by atoms with E-state index in [-0.39, 0.29) is 11.8 Å². The Kier molecular flexibility index (Phi) is 4.25. The zero-order valence-corrected chi connectivity index (χ0v) is 14.7. The summed E-state index contributed by atoms with van der Waals surface area (Å²) in [5, 5.41) is 6.58. The molecule has 1 spiro atoms. The summed E-state index contributed by atoms with van der Waals surface area (Å²) in [5.41, 5.74) is 2.50. The van der Waals surface area contributed by atoms with Gasteiger partial charge in [-0.05, 0) is 74.7 Å². The average Bonchev–Trinajstić information content (AvgIpc) is 3.29. The first-order valence-electron chi connectivity index (χ1n) is 9.53. The predicted molar refractivity (Wildman–Crippen MR) is 98.3 cm³/mol. The Labute approximate surface area is 145 Å². The SMILES string of the molecule is CC1CCN(c2cccc(NC(=O)C3CC34CCNCC4)c2)CC1. The van der Waals surface area contributed by atoms with Crippen LogP contribution >= 0.6 is 0 Å². The Morgan fingerprint density at radius 2 is 2.00 bits per heavy atom. The van der Waals surface area contributed by atoms with Crippen LogP contribution in [0.4, 0.5) is 11.4 Å². The van der Waals surface area contributed by atoms with Crippen LogP contribution in [0.5, 0.6) is 0 Å². The van der Waals surface area contributed by atoms with Gasteiger partial charge in [-0.25, -0.2) is 0 Å². The first kappa shape index (κ1) is 15.9. The van der Waals surface area contributed by atoms with Crippen molar-refractivity contribution < 1.29 is 4.79 Å². The second kappa shape index (κ2) is 6.40. The van der Waals surface area contributed by atoms with Gasteiger partial charge in [-0.15, -0.1) is 0 Å². The smallest absolute Gasteiger partial charge is 0.228 e. The van der Waals surface area contributed by atoms with Gasteiger partial charge in [0.15, 0.2) is 0 Å². The van der Waals surface area contributed by atoms with Gasteiger partial charge in [-0.2, -0.15) is 0 Å². The molecule has 1 unspecified atom stereocenters. The number of carbonyl (C=O) groups is 1. The Morgan fingerprint density at radius 3 is 2.75 bits per heavy atom. The van der Waals surface area contributed by atoms with Gasteiger partial charge in [0.1, 0.15) is 0 Å². The van der Waals surface area contributed by atoms with Gasteiger partial charge in [0.2, 0.25) is 5.91 Å². The second-order valence-electron chi connectivity index (χ2n) is 8.08. The van der Waals surface area contributed by atoms with Gasteiger partial charge in [-0.3, -0.25) is 4.79 Å². The molecule has 3 fully saturated rings. The molecule has 4 heteroatoms. The van der Waals surface area contributed by atoms with E-state index in [1.54, 1.807) is 0 Å². The van der Waals surface area contributed by atoms with Gasteiger partial charge in [0, 0.05) is 30.4 Å². The molecule has 4 rings (SSSR count). The Bertz CT molecular complexity index is 601. The summed E-state index contributed by atoms with van der Waals surface area (Å²) in [4.78, 5) is 15.1. The number of nitrogens with one attached hydrogen (secondary N) is 2. The zero-order valence-electron chi connectivity index (χ0n) is 14.7. The maximum absolute atomic E-state index is 12.6. The van der Waals surface area contributed by atoms with E-state index in [4.69, 9.17) is 0 Å². The fourth-order valence-electron chi connectivity index (χ4n) is 4.47. The van der Waals surface area contributed by atoms with Crippen molar-refractivity contribution >= 4 is 17.3 Å². The van der Waals surface area contributed by atoms with Crippen molar-refractivity contribution in [1.29, 1.82) is 0 Å². The van der Waals surface area contributed by atoms with Crippen molar-refractivity contribution in [3.8, 4) is 0 Å². The van der Waals surface area contributed by atoms with E-state index < -0.39 is 0 Å². The summed E-state index contributed by atoms with van der Waals surface area (Å²) >= 11 is 0. The van der Waals surface area contributed by atoms with Crippen molar-refractivity contribution in [2.75, 3.05) is 36.4 Å². The first-order chi connectivity index (χ1) is 11.7. The van der Waals surface area contributed by atoms with Gasteiger partial charge in [-0.1, -0.05) is 13.0 Å². The van der Waals surface area contributed by atoms with Crippen LogP contribution in [0.2, 0.25) is 0 Å². The topological polar surface area (TPSA) is 44.4 Å². The molecule has 0 radical (unpaired) electrons. The highest BCUT2D eigenvalue weighted by atomic mass is 16.2. The number of rotatable bonds is 3. The summed E-state index contributed by atoms with van der Waals surface area (Å²) in [6.45, 7) is 6.70. The van der Waals surface area contributed by atoms with Gasteiger partial charge in [0.05, 0.1) is 0 Å². The van der Waals surface area contributed by atoms with Crippen LogP contribution in [-0.2, 0) is 4.79 Å². The Morgan fingerprint density at radius 1 is 1.25 bits per heavy atom.